The van der Waals surface area contributed by atoms with Crippen LogP contribution >= 0.6 is 12.2 Å². The predicted octanol–water partition coefficient (Wildman–Crippen LogP) is 1.17. The Bertz CT molecular complexity index is 400. The molecule has 0 aromatic heterocycles. The maximum absolute atomic E-state index is 12.7. The molecule has 0 radical (unpaired) electrons. The lowest BCUT2D eigenvalue weighted by Crippen LogP contribution is -2.45. The van der Waals surface area contributed by atoms with Crippen molar-refractivity contribution >= 4 is 29.1 Å². The molecule has 0 aromatic rings. The molecular weight excluding hydrogens is 283 g/mol. The maximum Gasteiger partial charge on any atom is 0.399 e. The monoisotopic (exact) mass is 297 g/mol. The number of alkyl halides is 3. The third-order valence-electron chi connectivity index (χ3n) is 2.79. The van der Waals surface area contributed by atoms with Gasteiger partial charge in [0.1, 0.15) is 12.0 Å². The van der Waals surface area contributed by atoms with Crippen molar-refractivity contribution in [3.63, 3.8) is 0 Å². The summed E-state index contributed by atoms with van der Waals surface area (Å²) in [6.45, 7) is 0.930. The standard InChI is InChI=1S/C10H14F3N3O2S/c1-2-3-6-8(17)16(9(18)15-6)4-5(7(14)19)10(11,12)13/h5-6H,2-4H2,1H3,(H2,14,19)(H,15,18). The fourth-order valence-corrected chi connectivity index (χ4v) is 1.98. The van der Waals surface area contributed by atoms with Gasteiger partial charge in [0.15, 0.2) is 0 Å². The lowest BCUT2D eigenvalue weighted by atomic mass is 10.1. The van der Waals surface area contributed by atoms with E-state index in [2.05, 4.69) is 17.5 Å². The second-order valence-electron chi connectivity index (χ2n) is 4.24. The number of hydrogen-bond donors (Lipinski definition) is 2. The van der Waals surface area contributed by atoms with Crippen molar-refractivity contribution in [2.45, 2.75) is 32.0 Å². The summed E-state index contributed by atoms with van der Waals surface area (Å²) in [5.74, 6) is -2.85. The highest BCUT2D eigenvalue weighted by molar-refractivity contribution is 7.80. The van der Waals surface area contributed by atoms with Crippen LogP contribution in [0.15, 0.2) is 0 Å². The van der Waals surface area contributed by atoms with Crippen LogP contribution in [0.4, 0.5) is 18.0 Å². The average molecular weight is 297 g/mol. The highest BCUT2D eigenvalue weighted by atomic mass is 32.1. The lowest BCUT2D eigenvalue weighted by molar-refractivity contribution is -0.159. The molecule has 1 fully saturated rings. The van der Waals surface area contributed by atoms with Gasteiger partial charge in [0.2, 0.25) is 0 Å². The first-order chi connectivity index (χ1) is 8.68. The number of urea groups is 1. The second kappa shape index (κ2) is 5.72. The third-order valence-corrected chi connectivity index (χ3v) is 3.07. The lowest BCUT2D eigenvalue weighted by Gasteiger charge is -2.23. The van der Waals surface area contributed by atoms with Crippen LogP contribution in [0.2, 0.25) is 0 Å². The van der Waals surface area contributed by atoms with Gasteiger partial charge in [-0.15, -0.1) is 0 Å². The van der Waals surface area contributed by atoms with E-state index in [1.807, 2.05) is 0 Å². The van der Waals surface area contributed by atoms with E-state index in [9.17, 15) is 22.8 Å². The quantitative estimate of drug-likeness (QED) is 0.590. The van der Waals surface area contributed by atoms with Gasteiger partial charge in [-0.1, -0.05) is 25.6 Å². The molecule has 0 bridgehead atoms. The van der Waals surface area contributed by atoms with Gasteiger partial charge in [0, 0.05) is 6.54 Å². The number of carbonyl (C=O) groups is 2. The minimum absolute atomic E-state index is 0.380. The number of halogens is 3. The SMILES string of the molecule is CCCC1NC(=O)N(CC(C(N)=S)C(F)(F)F)C1=O. The summed E-state index contributed by atoms with van der Waals surface area (Å²) in [5, 5.41) is 2.34. The Balaban J connectivity index is 2.83. The smallest absolute Gasteiger partial charge is 0.393 e. The van der Waals surface area contributed by atoms with E-state index in [1.54, 1.807) is 6.92 Å². The molecule has 108 valence electrons. The Hall–Kier alpha value is -1.38. The van der Waals surface area contributed by atoms with Crippen molar-refractivity contribution in [1.82, 2.24) is 10.2 Å². The number of hydrogen-bond acceptors (Lipinski definition) is 3. The molecule has 1 aliphatic heterocycles. The summed E-state index contributed by atoms with van der Waals surface area (Å²) in [6.07, 6.45) is -3.68. The van der Waals surface area contributed by atoms with Gasteiger partial charge < -0.3 is 11.1 Å². The van der Waals surface area contributed by atoms with Crippen molar-refractivity contribution in [3.05, 3.63) is 0 Å². The molecule has 9 heteroatoms. The summed E-state index contributed by atoms with van der Waals surface area (Å²) in [6, 6.07) is -1.60. The molecule has 5 nitrogen and oxygen atoms in total. The summed E-state index contributed by atoms with van der Waals surface area (Å²) in [4.78, 5) is 23.0. The molecule has 2 unspecified atom stereocenters. The summed E-state index contributed by atoms with van der Waals surface area (Å²) in [7, 11) is 0. The second-order valence-corrected chi connectivity index (χ2v) is 4.71. The van der Waals surface area contributed by atoms with Gasteiger partial charge in [-0.3, -0.25) is 9.69 Å². The van der Waals surface area contributed by atoms with Gasteiger partial charge >= 0.3 is 12.2 Å². The summed E-state index contributed by atoms with van der Waals surface area (Å²) >= 11 is 4.35. The van der Waals surface area contributed by atoms with Gasteiger partial charge in [-0.2, -0.15) is 13.2 Å². The topological polar surface area (TPSA) is 75.4 Å². The van der Waals surface area contributed by atoms with Crippen LogP contribution in [0.3, 0.4) is 0 Å². The van der Waals surface area contributed by atoms with Crippen molar-refractivity contribution < 1.29 is 22.8 Å². The Morgan fingerprint density at radius 1 is 1.53 bits per heavy atom. The van der Waals surface area contributed by atoms with Crippen molar-refractivity contribution in [3.8, 4) is 0 Å². The van der Waals surface area contributed by atoms with Crippen LogP contribution in [-0.2, 0) is 4.79 Å². The molecule has 19 heavy (non-hydrogen) atoms. The fraction of sp³-hybridized carbons (Fsp3) is 0.700. The van der Waals surface area contributed by atoms with E-state index in [-0.39, 0.29) is 0 Å². The van der Waals surface area contributed by atoms with E-state index in [4.69, 9.17) is 5.73 Å². The number of nitrogens with two attached hydrogens (primary N) is 1. The van der Waals surface area contributed by atoms with Gasteiger partial charge in [-0.25, -0.2) is 4.79 Å². The zero-order chi connectivity index (χ0) is 14.8. The minimum Gasteiger partial charge on any atom is -0.393 e. The van der Waals surface area contributed by atoms with Crippen LogP contribution in [0.1, 0.15) is 19.8 Å². The van der Waals surface area contributed by atoms with E-state index >= 15 is 0 Å². The summed E-state index contributed by atoms with van der Waals surface area (Å²) in [5.41, 5.74) is 5.03. The summed E-state index contributed by atoms with van der Waals surface area (Å²) < 4.78 is 38.1. The van der Waals surface area contributed by atoms with Crippen LogP contribution in [0.5, 0.6) is 0 Å². The number of nitrogens with one attached hydrogen (secondary N) is 1. The van der Waals surface area contributed by atoms with Crippen LogP contribution in [0, 0.1) is 5.92 Å². The van der Waals surface area contributed by atoms with Gasteiger partial charge in [0.05, 0.1) is 4.99 Å². The molecule has 1 aliphatic rings. The number of nitrogens with zero attached hydrogens (tertiary/aromatic N) is 1. The largest absolute Gasteiger partial charge is 0.399 e. The zero-order valence-electron chi connectivity index (χ0n) is 10.2. The molecule has 1 rings (SSSR count). The van der Waals surface area contributed by atoms with Gasteiger partial charge in [0.25, 0.3) is 5.91 Å². The number of rotatable bonds is 5. The number of thiocarbonyl (C=S) groups is 1. The predicted molar refractivity (Wildman–Crippen MR) is 65.3 cm³/mol. The number of carbonyl (C=O) groups excluding carboxylic acids is 2. The first-order valence-corrected chi connectivity index (χ1v) is 6.07. The molecule has 1 saturated heterocycles. The van der Waals surface area contributed by atoms with E-state index in [1.165, 1.54) is 0 Å². The average Bonchev–Trinajstić information content (AvgIpc) is 2.50. The van der Waals surface area contributed by atoms with Crippen LogP contribution < -0.4 is 11.1 Å². The number of amides is 3. The van der Waals surface area contributed by atoms with E-state index in [0.29, 0.717) is 17.7 Å². The first-order valence-electron chi connectivity index (χ1n) is 5.66. The Morgan fingerprint density at radius 2 is 2.11 bits per heavy atom. The van der Waals surface area contributed by atoms with Crippen molar-refractivity contribution in [1.29, 1.82) is 0 Å². The number of imide groups is 1. The molecule has 0 saturated carbocycles. The van der Waals surface area contributed by atoms with E-state index < -0.39 is 41.6 Å². The Labute approximate surface area is 113 Å². The van der Waals surface area contributed by atoms with Crippen LogP contribution in [0.25, 0.3) is 0 Å². The molecular formula is C10H14F3N3O2S. The minimum atomic E-state index is -4.69. The molecule has 0 aromatic carbocycles. The maximum atomic E-state index is 12.7. The van der Waals surface area contributed by atoms with Gasteiger partial charge in [-0.05, 0) is 6.42 Å². The van der Waals surface area contributed by atoms with Crippen molar-refractivity contribution in [2.75, 3.05) is 6.54 Å². The molecule has 2 atom stereocenters. The Kier molecular flexibility index (Phi) is 4.72. The zero-order valence-corrected chi connectivity index (χ0v) is 11.0. The molecule has 1 heterocycles. The molecule has 3 amide bonds. The van der Waals surface area contributed by atoms with Crippen LogP contribution in [-0.4, -0.2) is 40.6 Å². The molecule has 0 aliphatic carbocycles. The molecule has 0 spiro atoms. The normalized spacial score (nSPS) is 21.5. The van der Waals surface area contributed by atoms with E-state index in [0.717, 1.165) is 0 Å². The third kappa shape index (κ3) is 3.55. The fourth-order valence-electron chi connectivity index (χ4n) is 1.77. The molecule has 3 N–H and O–H groups in total. The van der Waals surface area contributed by atoms with Crippen molar-refractivity contribution in [2.24, 2.45) is 11.7 Å². The highest BCUT2D eigenvalue weighted by Gasteiger charge is 2.47. The highest BCUT2D eigenvalue weighted by Crippen LogP contribution is 2.28. The Morgan fingerprint density at radius 3 is 2.53 bits per heavy atom. The first kappa shape index (κ1) is 15.7.